The van der Waals surface area contributed by atoms with Gasteiger partial charge in [-0.3, -0.25) is 14.5 Å². The molecule has 2 saturated heterocycles. The molecule has 1 aromatic carbocycles. The number of hydrogen-bond donors (Lipinski definition) is 1. The molecule has 160 valence electrons. The number of carbonyl (C=O) groups is 2. The SMILES string of the molecule is CN(C)CC(=O)N1CCC(N2CCC[C@@H](C(=O)NCCc3ccccc3)C2)CC1. The van der Waals surface area contributed by atoms with E-state index in [0.29, 0.717) is 19.1 Å². The van der Waals surface area contributed by atoms with E-state index < -0.39 is 0 Å². The monoisotopic (exact) mass is 400 g/mol. The van der Waals surface area contributed by atoms with E-state index in [9.17, 15) is 9.59 Å². The summed E-state index contributed by atoms with van der Waals surface area (Å²) < 4.78 is 0. The Morgan fingerprint density at radius 3 is 2.48 bits per heavy atom. The van der Waals surface area contributed by atoms with E-state index in [4.69, 9.17) is 0 Å². The summed E-state index contributed by atoms with van der Waals surface area (Å²) in [6, 6.07) is 10.8. The number of benzene rings is 1. The van der Waals surface area contributed by atoms with Crippen LogP contribution < -0.4 is 5.32 Å². The number of amides is 2. The summed E-state index contributed by atoms with van der Waals surface area (Å²) in [5.74, 6) is 0.514. The number of nitrogens with zero attached hydrogens (tertiary/aromatic N) is 3. The number of piperidine rings is 2. The average molecular weight is 401 g/mol. The van der Waals surface area contributed by atoms with Crippen molar-refractivity contribution in [1.29, 1.82) is 0 Å². The van der Waals surface area contributed by atoms with Crippen molar-refractivity contribution >= 4 is 11.8 Å². The molecule has 29 heavy (non-hydrogen) atoms. The Hall–Kier alpha value is -1.92. The highest BCUT2D eigenvalue weighted by Gasteiger charge is 2.32. The van der Waals surface area contributed by atoms with Crippen LogP contribution in [-0.2, 0) is 16.0 Å². The molecule has 0 aliphatic carbocycles. The van der Waals surface area contributed by atoms with Crippen LogP contribution in [0.4, 0.5) is 0 Å². The van der Waals surface area contributed by atoms with Crippen LogP contribution in [0.5, 0.6) is 0 Å². The Kier molecular flexibility index (Phi) is 8.07. The smallest absolute Gasteiger partial charge is 0.236 e. The number of carbonyl (C=O) groups excluding carboxylic acids is 2. The van der Waals surface area contributed by atoms with Crippen LogP contribution in [0.1, 0.15) is 31.2 Å². The predicted octanol–water partition coefficient (Wildman–Crippen LogP) is 1.61. The van der Waals surface area contributed by atoms with Gasteiger partial charge in [0, 0.05) is 32.2 Å². The van der Waals surface area contributed by atoms with Crippen molar-refractivity contribution in [3.8, 4) is 0 Å². The first-order chi connectivity index (χ1) is 14.0. The van der Waals surface area contributed by atoms with Crippen molar-refractivity contribution in [1.82, 2.24) is 20.0 Å². The zero-order valence-electron chi connectivity index (χ0n) is 18.0. The number of likely N-dealkylation sites (N-methyl/N-ethyl adjacent to an activating group) is 1. The van der Waals surface area contributed by atoms with Crippen molar-refractivity contribution in [2.75, 3.05) is 53.4 Å². The van der Waals surface area contributed by atoms with E-state index in [-0.39, 0.29) is 17.7 Å². The molecule has 0 aromatic heterocycles. The molecule has 6 nitrogen and oxygen atoms in total. The molecule has 0 spiro atoms. The van der Waals surface area contributed by atoms with Gasteiger partial charge in [-0.1, -0.05) is 30.3 Å². The van der Waals surface area contributed by atoms with Gasteiger partial charge >= 0.3 is 0 Å². The molecule has 1 atom stereocenters. The van der Waals surface area contributed by atoms with Crippen molar-refractivity contribution in [3.63, 3.8) is 0 Å². The summed E-state index contributed by atoms with van der Waals surface area (Å²) in [6.45, 7) is 4.78. The van der Waals surface area contributed by atoms with Crippen LogP contribution in [-0.4, -0.2) is 85.9 Å². The van der Waals surface area contributed by atoms with E-state index in [0.717, 1.165) is 58.3 Å². The highest BCUT2D eigenvalue weighted by molar-refractivity contribution is 5.79. The highest BCUT2D eigenvalue weighted by atomic mass is 16.2. The first-order valence-corrected chi connectivity index (χ1v) is 11.0. The summed E-state index contributed by atoms with van der Waals surface area (Å²) >= 11 is 0. The van der Waals surface area contributed by atoms with Crippen LogP contribution in [0.25, 0.3) is 0 Å². The van der Waals surface area contributed by atoms with Gasteiger partial charge in [0.2, 0.25) is 11.8 Å². The lowest BCUT2D eigenvalue weighted by Crippen LogP contribution is -2.52. The number of hydrogen-bond acceptors (Lipinski definition) is 4. The third-order valence-corrected chi connectivity index (χ3v) is 6.16. The second kappa shape index (κ2) is 10.7. The third-order valence-electron chi connectivity index (χ3n) is 6.16. The highest BCUT2D eigenvalue weighted by Crippen LogP contribution is 2.24. The van der Waals surface area contributed by atoms with Gasteiger partial charge in [-0.15, -0.1) is 0 Å². The molecule has 6 heteroatoms. The molecule has 3 rings (SSSR count). The molecule has 2 aliphatic rings. The Labute approximate surface area is 175 Å². The standard InChI is InChI=1S/C23H36N4O2/c1-25(2)18-22(28)26-15-11-21(12-16-26)27-14-6-9-20(17-27)23(29)24-13-10-19-7-4-3-5-8-19/h3-5,7-8,20-21H,6,9-18H2,1-2H3,(H,24,29)/t20-/m1/s1. The van der Waals surface area contributed by atoms with Gasteiger partial charge in [-0.25, -0.2) is 0 Å². The predicted molar refractivity (Wildman–Crippen MR) is 116 cm³/mol. The fourth-order valence-corrected chi connectivity index (χ4v) is 4.52. The molecule has 0 unspecified atom stereocenters. The molecule has 0 radical (unpaired) electrons. The number of likely N-dealkylation sites (tertiary alicyclic amines) is 2. The summed E-state index contributed by atoms with van der Waals surface area (Å²) in [4.78, 5) is 31.3. The molecule has 1 aromatic rings. The summed E-state index contributed by atoms with van der Waals surface area (Å²) in [7, 11) is 3.87. The fraction of sp³-hybridized carbons (Fsp3) is 0.652. The van der Waals surface area contributed by atoms with E-state index in [1.807, 2.05) is 42.1 Å². The minimum atomic E-state index is 0.0907. The minimum absolute atomic E-state index is 0.0907. The van der Waals surface area contributed by atoms with Crippen LogP contribution >= 0.6 is 0 Å². The Balaban J connectivity index is 1.41. The lowest BCUT2D eigenvalue weighted by atomic mass is 9.93. The maximum atomic E-state index is 12.7. The normalized spacial score (nSPS) is 21.3. The molecule has 1 N–H and O–H groups in total. The maximum absolute atomic E-state index is 12.7. The van der Waals surface area contributed by atoms with Crippen molar-refractivity contribution in [3.05, 3.63) is 35.9 Å². The fourth-order valence-electron chi connectivity index (χ4n) is 4.52. The van der Waals surface area contributed by atoms with E-state index in [1.165, 1.54) is 5.56 Å². The van der Waals surface area contributed by atoms with Gasteiger partial charge < -0.3 is 15.1 Å². The van der Waals surface area contributed by atoms with E-state index >= 15 is 0 Å². The lowest BCUT2D eigenvalue weighted by molar-refractivity contribution is -0.133. The first kappa shape index (κ1) is 21.8. The van der Waals surface area contributed by atoms with Gasteiger partial charge in [0.1, 0.15) is 0 Å². The molecule has 2 fully saturated rings. The van der Waals surface area contributed by atoms with E-state index in [1.54, 1.807) is 0 Å². The lowest BCUT2D eigenvalue weighted by Gasteiger charge is -2.42. The molecule has 0 bridgehead atoms. The molecule has 0 saturated carbocycles. The van der Waals surface area contributed by atoms with Gasteiger partial charge in [0.15, 0.2) is 0 Å². The summed E-state index contributed by atoms with van der Waals surface area (Å²) in [5, 5.41) is 3.14. The number of nitrogens with one attached hydrogen (secondary N) is 1. The Bertz CT molecular complexity index is 656. The van der Waals surface area contributed by atoms with Crippen molar-refractivity contribution in [2.24, 2.45) is 5.92 Å². The first-order valence-electron chi connectivity index (χ1n) is 11.0. The zero-order chi connectivity index (χ0) is 20.6. The second-order valence-electron chi connectivity index (χ2n) is 8.71. The molecule has 2 heterocycles. The average Bonchev–Trinajstić information content (AvgIpc) is 2.74. The molecular formula is C23H36N4O2. The van der Waals surface area contributed by atoms with Gasteiger partial charge in [-0.2, -0.15) is 0 Å². The molecular weight excluding hydrogens is 364 g/mol. The van der Waals surface area contributed by atoms with Gasteiger partial charge in [0.25, 0.3) is 0 Å². The Morgan fingerprint density at radius 2 is 1.79 bits per heavy atom. The third kappa shape index (κ3) is 6.54. The molecule has 2 amide bonds. The zero-order valence-corrected chi connectivity index (χ0v) is 18.0. The topological polar surface area (TPSA) is 55.9 Å². The number of rotatable bonds is 7. The summed E-state index contributed by atoms with van der Waals surface area (Å²) in [5.41, 5.74) is 1.26. The van der Waals surface area contributed by atoms with E-state index in [2.05, 4.69) is 22.3 Å². The van der Waals surface area contributed by atoms with Crippen LogP contribution in [0.3, 0.4) is 0 Å². The maximum Gasteiger partial charge on any atom is 0.236 e. The largest absolute Gasteiger partial charge is 0.355 e. The quantitative estimate of drug-likeness (QED) is 0.756. The Morgan fingerprint density at radius 1 is 1.07 bits per heavy atom. The van der Waals surface area contributed by atoms with Gasteiger partial charge in [0.05, 0.1) is 12.5 Å². The van der Waals surface area contributed by atoms with Crippen LogP contribution in [0.15, 0.2) is 30.3 Å². The van der Waals surface area contributed by atoms with Crippen molar-refractivity contribution in [2.45, 2.75) is 38.1 Å². The van der Waals surface area contributed by atoms with Crippen LogP contribution in [0.2, 0.25) is 0 Å². The van der Waals surface area contributed by atoms with Crippen molar-refractivity contribution < 1.29 is 9.59 Å². The summed E-state index contributed by atoms with van der Waals surface area (Å²) in [6.07, 6.45) is 4.97. The van der Waals surface area contributed by atoms with Crippen LogP contribution in [0, 0.1) is 5.92 Å². The van der Waals surface area contributed by atoms with Gasteiger partial charge in [-0.05, 0) is 58.3 Å². The second-order valence-corrected chi connectivity index (χ2v) is 8.71. The molecule has 2 aliphatic heterocycles. The minimum Gasteiger partial charge on any atom is -0.355 e.